The van der Waals surface area contributed by atoms with E-state index in [2.05, 4.69) is 10.4 Å². The third-order valence-corrected chi connectivity index (χ3v) is 3.49. The minimum Gasteiger partial charge on any atom is -0.358 e. The first-order chi connectivity index (χ1) is 10.8. The molecule has 7 nitrogen and oxygen atoms in total. The molecule has 0 bridgehead atoms. The topological polar surface area (TPSA) is 90.1 Å². The van der Waals surface area contributed by atoms with Crippen LogP contribution in [0.4, 0.5) is 5.82 Å². The first-order valence-corrected chi connectivity index (χ1v) is 7.30. The van der Waals surface area contributed by atoms with Gasteiger partial charge in [-0.05, 0) is 43.2 Å². The molecule has 0 aliphatic rings. The minimum absolute atomic E-state index is 0.0506. The molecule has 1 amide bonds. The Morgan fingerprint density at radius 1 is 1.35 bits per heavy atom. The van der Waals surface area contributed by atoms with Crippen molar-refractivity contribution < 1.29 is 9.72 Å². The molecular formula is C16H20N4O3. The summed E-state index contributed by atoms with van der Waals surface area (Å²) in [6, 6.07) is 9.31. The molecule has 1 N–H and O–H groups in total. The van der Waals surface area contributed by atoms with Crippen LogP contribution in [-0.2, 0) is 17.8 Å². The van der Waals surface area contributed by atoms with E-state index in [1.807, 2.05) is 45.0 Å². The monoisotopic (exact) mass is 316 g/mol. The van der Waals surface area contributed by atoms with Crippen molar-refractivity contribution in [2.24, 2.45) is 0 Å². The number of amides is 1. The Hall–Kier alpha value is -2.70. The van der Waals surface area contributed by atoms with Gasteiger partial charge in [-0.2, -0.15) is 4.68 Å². The predicted octanol–water partition coefficient (Wildman–Crippen LogP) is 2.24. The second kappa shape index (κ2) is 6.60. The number of aromatic nitrogens is 2. The summed E-state index contributed by atoms with van der Waals surface area (Å²) >= 11 is 0. The first-order valence-electron chi connectivity index (χ1n) is 7.30. The van der Waals surface area contributed by atoms with Gasteiger partial charge in [0.05, 0.1) is 17.4 Å². The van der Waals surface area contributed by atoms with Crippen LogP contribution in [0.2, 0.25) is 0 Å². The quantitative estimate of drug-likeness (QED) is 0.653. The molecule has 122 valence electrons. The van der Waals surface area contributed by atoms with Crippen molar-refractivity contribution in [1.82, 2.24) is 15.1 Å². The maximum atomic E-state index is 12.1. The highest BCUT2D eigenvalue weighted by Gasteiger charge is 2.23. The van der Waals surface area contributed by atoms with Crippen LogP contribution in [0, 0.1) is 17.0 Å². The number of nitrogens with one attached hydrogen (secondary N) is 1. The van der Waals surface area contributed by atoms with Crippen LogP contribution in [0.1, 0.15) is 25.0 Å². The Morgan fingerprint density at radius 3 is 2.65 bits per heavy atom. The van der Waals surface area contributed by atoms with E-state index in [-0.39, 0.29) is 18.3 Å². The molecule has 1 aromatic carbocycles. The second-order valence-electron chi connectivity index (χ2n) is 6.16. The summed E-state index contributed by atoms with van der Waals surface area (Å²) in [5.41, 5.74) is 1.92. The van der Waals surface area contributed by atoms with E-state index >= 15 is 0 Å². The fraction of sp³-hybridized carbons (Fsp3) is 0.375. The molecule has 0 radical (unpaired) electrons. The largest absolute Gasteiger partial charge is 0.389 e. The summed E-state index contributed by atoms with van der Waals surface area (Å²) in [5.74, 6) is -0.501. The molecule has 0 saturated heterocycles. The molecule has 0 fully saturated rings. The molecular weight excluding hydrogens is 296 g/mol. The van der Waals surface area contributed by atoms with Crippen LogP contribution >= 0.6 is 0 Å². The number of rotatable bonds is 6. The van der Waals surface area contributed by atoms with Crippen molar-refractivity contribution in [2.45, 2.75) is 39.3 Å². The van der Waals surface area contributed by atoms with Crippen LogP contribution in [0.3, 0.4) is 0 Å². The zero-order chi connectivity index (χ0) is 17.0. The Labute approximate surface area is 134 Å². The molecule has 0 spiro atoms. The van der Waals surface area contributed by atoms with Gasteiger partial charge in [0.1, 0.15) is 6.54 Å². The molecule has 2 rings (SSSR count). The normalized spacial score (nSPS) is 11.3. The molecule has 0 unspecified atom stereocenters. The molecule has 1 aromatic heterocycles. The Kier molecular flexibility index (Phi) is 4.78. The van der Waals surface area contributed by atoms with E-state index in [0.717, 1.165) is 0 Å². The average molecular weight is 316 g/mol. The molecule has 0 aliphatic heterocycles. The molecule has 0 atom stereocenters. The van der Waals surface area contributed by atoms with E-state index in [9.17, 15) is 14.9 Å². The van der Waals surface area contributed by atoms with Gasteiger partial charge in [0.2, 0.25) is 5.91 Å². The van der Waals surface area contributed by atoms with Crippen molar-refractivity contribution in [2.75, 3.05) is 0 Å². The number of benzene rings is 1. The fourth-order valence-electron chi connectivity index (χ4n) is 2.43. The highest BCUT2D eigenvalue weighted by Crippen LogP contribution is 2.16. The number of nitrogens with zero attached hydrogens (tertiary/aromatic N) is 3. The first kappa shape index (κ1) is 16.7. The van der Waals surface area contributed by atoms with Gasteiger partial charge in [0, 0.05) is 5.54 Å². The number of aryl methyl sites for hydroxylation is 1. The zero-order valence-electron chi connectivity index (χ0n) is 13.4. The van der Waals surface area contributed by atoms with Crippen LogP contribution < -0.4 is 5.32 Å². The van der Waals surface area contributed by atoms with Crippen molar-refractivity contribution in [3.05, 3.63) is 57.8 Å². The third-order valence-electron chi connectivity index (χ3n) is 3.49. The van der Waals surface area contributed by atoms with E-state index < -0.39 is 10.5 Å². The summed E-state index contributed by atoms with van der Waals surface area (Å²) in [7, 11) is 0. The van der Waals surface area contributed by atoms with Crippen LogP contribution in [-0.4, -0.2) is 26.1 Å². The Bertz CT molecular complexity index is 722. The number of carbonyl (C=O) groups is 1. The number of hydrogen-bond donors (Lipinski definition) is 1. The van der Waals surface area contributed by atoms with Crippen LogP contribution in [0.25, 0.3) is 0 Å². The third kappa shape index (κ3) is 4.64. The highest BCUT2D eigenvalue weighted by atomic mass is 16.6. The molecule has 23 heavy (non-hydrogen) atoms. The van der Waals surface area contributed by atoms with E-state index in [1.54, 1.807) is 0 Å². The van der Waals surface area contributed by atoms with Crippen LogP contribution in [0.5, 0.6) is 0 Å². The van der Waals surface area contributed by atoms with Crippen molar-refractivity contribution in [1.29, 1.82) is 0 Å². The summed E-state index contributed by atoms with van der Waals surface area (Å²) in [6.07, 6.45) is 2.12. The maximum absolute atomic E-state index is 12.1. The second-order valence-corrected chi connectivity index (χ2v) is 6.16. The summed E-state index contributed by atoms with van der Waals surface area (Å²) in [6.45, 7) is 5.88. The minimum atomic E-state index is -0.587. The smallest absolute Gasteiger partial charge is 0.358 e. The molecule has 0 aliphatic carbocycles. The van der Waals surface area contributed by atoms with E-state index in [1.165, 1.54) is 28.1 Å². The molecule has 7 heteroatoms. The Morgan fingerprint density at radius 2 is 2.04 bits per heavy atom. The average Bonchev–Trinajstić information content (AvgIpc) is 2.89. The van der Waals surface area contributed by atoms with Gasteiger partial charge >= 0.3 is 5.82 Å². The van der Waals surface area contributed by atoms with Gasteiger partial charge < -0.3 is 15.4 Å². The SMILES string of the molecule is Cc1ccccc1CC(C)(C)NC(=O)Cn1ccc([N+](=O)[O-])n1. The maximum Gasteiger partial charge on any atom is 0.389 e. The standard InChI is InChI=1S/C16H20N4O3/c1-12-6-4-5-7-13(12)10-16(2,3)17-15(21)11-19-9-8-14(18-19)20(22)23/h4-9H,10-11H2,1-3H3,(H,17,21). The van der Waals surface area contributed by atoms with Gasteiger partial charge in [0.25, 0.3) is 0 Å². The van der Waals surface area contributed by atoms with Gasteiger partial charge in [-0.3, -0.25) is 4.79 Å². The van der Waals surface area contributed by atoms with Gasteiger partial charge in [0.15, 0.2) is 0 Å². The van der Waals surface area contributed by atoms with Gasteiger partial charge in [-0.1, -0.05) is 24.3 Å². The zero-order valence-corrected chi connectivity index (χ0v) is 13.4. The van der Waals surface area contributed by atoms with E-state index in [0.29, 0.717) is 6.42 Å². The molecule has 0 saturated carbocycles. The Balaban J connectivity index is 1.97. The van der Waals surface area contributed by atoms with Crippen molar-refractivity contribution in [3.8, 4) is 0 Å². The van der Waals surface area contributed by atoms with Crippen molar-refractivity contribution >= 4 is 11.7 Å². The summed E-state index contributed by atoms with van der Waals surface area (Å²) in [5, 5.41) is 17.3. The lowest BCUT2D eigenvalue weighted by Gasteiger charge is -2.27. The highest BCUT2D eigenvalue weighted by molar-refractivity contribution is 5.76. The number of nitro groups is 1. The molecule has 1 heterocycles. The van der Waals surface area contributed by atoms with Gasteiger partial charge in [-0.25, -0.2) is 0 Å². The number of carbonyl (C=O) groups excluding carboxylic acids is 1. The predicted molar refractivity (Wildman–Crippen MR) is 86.0 cm³/mol. The lowest BCUT2D eigenvalue weighted by atomic mass is 9.92. The summed E-state index contributed by atoms with van der Waals surface area (Å²) < 4.78 is 1.26. The molecule has 2 aromatic rings. The fourth-order valence-corrected chi connectivity index (χ4v) is 2.43. The van der Waals surface area contributed by atoms with Gasteiger partial charge in [-0.15, -0.1) is 0 Å². The number of hydrogen-bond acceptors (Lipinski definition) is 4. The van der Waals surface area contributed by atoms with Crippen LogP contribution in [0.15, 0.2) is 36.5 Å². The van der Waals surface area contributed by atoms with E-state index in [4.69, 9.17) is 0 Å². The lowest BCUT2D eigenvalue weighted by molar-refractivity contribution is -0.389. The lowest BCUT2D eigenvalue weighted by Crippen LogP contribution is -2.46. The summed E-state index contributed by atoms with van der Waals surface area (Å²) in [4.78, 5) is 22.1. The van der Waals surface area contributed by atoms with Crippen molar-refractivity contribution in [3.63, 3.8) is 0 Å².